The molecule has 114 valence electrons. The molecule has 1 aromatic rings. The fourth-order valence-corrected chi connectivity index (χ4v) is 2.71. The zero-order valence-electron chi connectivity index (χ0n) is 12.4. The predicted molar refractivity (Wildman–Crippen MR) is 87.7 cm³/mol. The second-order valence-electron chi connectivity index (χ2n) is 5.19. The Morgan fingerprint density at radius 3 is 2.20 bits per heavy atom. The molecule has 0 aromatic heterocycles. The molecule has 0 saturated carbocycles. The van der Waals surface area contributed by atoms with Crippen LogP contribution in [0, 0.1) is 0 Å². The highest BCUT2D eigenvalue weighted by Gasteiger charge is 2.16. The van der Waals surface area contributed by atoms with Gasteiger partial charge in [-0.15, -0.1) is 0 Å². The van der Waals surface area contributed by atoms with Crippen LogP contribution in [0.5, 0.6) is 0 Å². The Hall–Kier alpha value is -0.280. The SMILES string of the molecule is CCCCN(CCCC)CC(O)c1ccc(Cl)cc1Cl. The smallest absolute Gasteiger partial charge is 0.0931 e. The van der Waals surface area contributed by atoms with Gasteiger partial charge in [0, 0.05) is 22.2 Å². The number of halogens is 2. The summed E-state index contributed by atoms with van der Waals surface area (Å²) in [5.41, 5.74) is 0.758. The second kappa shape index (κ2) is 9.62. The maximum Gasteiger partial charge on any atom is 0.0931 e. The van der Waals surface area contributed by atoms with Crippen molar-refractivity contribution in [1.82, 2.24) is 4.90 Å². The first-order chi connectivity index (χ1) is 9.58. The number of benzene rings is 1. The van der Waals surface area contributed by atoms with Crippen LogP contribution in [-0.4, -0.2) is 29.6 Å². The van der Waals surface area contributed by atoms with E-state index in [0.717, 1.165) is 31.5 Å². The molecule has 1 unspecified atom stereocenters. The monoisotopic (exact) mass is 317 g/mol. The van der Waals surface area contributed by atoms with Crippen LogP contribution in [0.4, 0.5) is 0 Å². The fourth-order valence-electron chi connectivity index (χ4n) is 2.17. The molecule has 0 spiro atoms. The first-order valence-electron chi connectivity index (χ1n) is 7.43. The van der Waals surface area contributed by atoms with E-state index < -0.39 is 6.10 Å². The van der Waals surface area contributed by atoms with E-state index in [1.54, 1.807) is 12.1 Å². The maximum atomic E-state index is 10.4. The fraction of sp³-hybridized carbons (Fsp3) is 0.625. The number of aliphatic hydroxyl groups is 1. The van der Waals surface area contributed by atoms with Crippen molar-refractivity contribution in [2.45, 2.75) is 45.6 Å². The Kier molecular flexibility index (Phi) is 8.55. The van der Waals surface area contributed by atoms with Gasteiger partial charge in [0.05, 0.1) is 6.10 Å². The number of aliphatic hydroxyl groups excluding tert-OH is 1. The summed E-state index contributed by atoms with van der Waals surface area (Å²) in [7, 11) is 0. The second-order valence-corrected chi connectivity index (χ2v) is 6.03. The molecule has 0 aliphatic rings. The summed E-state index contributed by atoms with van der Waals surface area (Å²) in [6.07, 6.45) is 4.09. The molecule has 0 heterocycles. The minimum Gasteiger partial charge on any atom is -0.387 e. The van der Waals surface area contributed by atoms with E-state index in [2.05, 4.69) is 18.7 Å². The molecule has 4 heteroatoms. The quantitative estimate of drug-likeness (QED) is 0.698. The van der Waals surface area contributed by atoms with Crippen molar-refractivity contribution in [2.24, 2.45) is 0 Å². The third-order valence-corrected chi connectivity index (χ3v) is 3.97. The molecule has 0 fully saturated rings. The van der Waals surface area contributed by atoms with Crippen LogP contribution in [-0.2, 0) is 0 Å². The molecule has 0 aliphatic heterocycles. The number of unbranched alkanes of at least 4 members (excludes halogenated alkanes) is 2. The highest BCUT2D eigenvalue weighted by atomic mass is 35.5. The third kappa shape index (κ3) is 6.01. The Morgan fingerprint density at radius 2 is 1.70 bits per heavy atom. The van der Waals surface area contributed by atoms with Gasteiger partial charge in [-0.2, -0.15) is 0 Å². The van der Waals surface area contributed by atoms with Gasteiger partial charge in [-0.1, -0.05) is 56.0 Å². The van der Waals surface area contributed by atoms with E-state index in [1.165, 1.54) is 12.8 Å². The van der Waals surface area contributed by atoms with Gasteiger partial charge in [0.1, 0.15) is 0 Å². The Bertz CT molecular complexity index is 390. The van der Waals surface area contributed by atoms with Gasteiger partial charge in [0.2, 0.25) is 0 Å². The van der Waals surface area contributed by atoms with Gasteiger partial charge in [0.25, 0.3) is 0 Å². The minimum absolute atomic E-state index is 0.538. The molecular weight excluding hydrogens is 293 g/mol. The normalized spacial score (nSPS) is 12.9. The van der Waals surface area contributed by atoms with Crippen molar-refractivity contribution >= 4 is 23.2 Å². The van der Waals surface area contributed by atoms with E-state index in [-0.39, 0.29) is 0 Å². The summed E-state index contributed by atoms with van der Waals surface area (Å²) in [6.45, 7) is 7.05. The van der Waals surface area contributed by atoms with Gasteiger partial charge in [0.15, 0.2) is 0 Å². The van der Waals surface area contributed by atoms with E-state index in [0.29, 0.717) is 16.6 Å². The minimum atomic E-state index is -0.562. The summed E-state index contributed by atoms with van der Waals surface area (Å²) in [5, 5.41) is 11.5. The third-order valence-electron chi connectivity index (χ3n) is 3.41. The summed E-state index contributed by atoms with van der Waals surface area (Å²) in [5.74, 6) is 0. The van der Waals surface area contributed by atoms with Crippen molar-refractivity contribution < 1.29 is 5.11 Å². The van der Waals surface area contributed by atoms with Crippen LogP contribution in [0.2, 0.25) is 10.0 Å². The summed E-state index contributed by atoms with van der Waals surface area (Å²) in [6, 6.07) is 5.27. The first-order valence-corrected chi connectivity index (χ1v) is 8.19. The number of hydrogen-bond acceptors (Lipinski definition) is 2. The van der Waals surface area contributed by atoms with Crippen LogP contribution in [0.15, 0.2) is 18.2 Å². The topological polar surface area (TPSA) is 23.5 Å². The lowest BCUT2D eigenvalue weighted by atomic mass is 10.1. The largest absolute Gasteiger partial charge is 0.387 e. The van der Waals surface area contributed by atoms with Gasteiger partial charge >= 0.3 is 0 Å². The van der Waals surface area contributed by atoms with Crippen LogP contribution in [0.3, 0.4) is 0 Å². The lowest BCUT2D eigenvalue weighted by Crippen LogP contribution is -2.30. The zero-order chi connectivity index (χ0) is 15.0. The summed E-state index contributed by atoms with van der Waals surface area (Å²) >= 11 is 12.0. The highest BCUT2D eigenvalue weighted by molar-refractivity contribution is 6.35. The first kappa shape index (κ1) is 17.8. The standard InChI is InChI=1S/C16H25Cl2NO/c1-3-5-9-19(10-6-4-2)12-16(20)14-8-7-13(17)11-15(14)18/h7-8,11,16,20H,3-6,9-10,12H2,1-2H3. The van der Waals surface area contributed by atoms with Crippen molar-refractivity contribution in [1.29, 1.82) is 0 Å². The lowest BCUT2D eigenvalue weighted by Gasteiger charge is -2.25. The molecule has 1 rings (SSSR count). The van der Waals surface area contributed by atoms with Crippen molar-refractivity contribution in [3.05, 3.63) is 33.8 Å². The van der Waals surface area contributed by atoms with Gasteiger partial charge in [-0.3, -0.25) is 0 Å². The Balaban J connectivity index is 2.65. The van der Waals surface area contributed by atoms with Crippen LogP contribution < -0.4 is 0 Å². The van der Waals surface area contributed by atoms with E-state index >= 15 is 0 Å². The molecule has 1 atom stereocenters. The summed E-state index contributed by atoms with van der Waals surface area (Å²) in [4.78, 5) is 2.32. The number of rotatable bonds is 9. The molecule has 0 saturated heterocycles. The van der Waals surface area contributed by atoms with Crippen molar-refractivity contribution in [3.8, 4) is 0 Å². The van der Waals surface area contributed by atoms with Crippen molar-refractivity contribution in [2.75, 3.05) is 19.6 Å². The van der Waals surface area contributed by atoms with Crippen LogP contribution in [0.1, 0.15) is 51.2 Å². The molecule has 1 aromatic carbocycles. The average Bonchev–Trinajstić information content (AvgIpc) is 2.41. The molecular formula is C16H25Cl2NO. The number of hydrogen-bond donors (Lipinski definition) is 1. The zero-order valence-corrected chi connectivity index (χ0v) is 13.9. The van der Waals surface area contributed by atoms with Crippen molar-refractivity contribution in [3.63, 3.8) is 0 Å². The van der Waals surface area contributed by atoms with E-state index in [1.807, 2.05) is 6.07 Å². The molecule has 20 heavy (non-hydrogen) atoms. The molecule has 0 bridgehead atoms. The molecule has 0 amide bonds. The van der Waals surface area contributed by atoms with E-state index in [4.69, 9.17) is 23.2 Å². The highest BCUT2D eigenvalue weighted by Crippen LogP contribution is 2.27. The summed E-state index contributed by atoms with van der Waals surface area (Å²) < 4.78 is 0. The average molecular weight is 318 g/mol. The maximum absolute atomic E-state index is 10.4. The molecule has 1 N–H and O–H groups in total. The predicted octanol–water partition coefficient (Wildman–Crippen LogP) is 4.93. The Morgan fingerprint density at radius 1 is 1.10 bits per heavy atom. The molecule has 0 aliphatic carbocycles. The van der Waals surface area contributed by atoms with Gasteiger partial charge in [-0.25, -0.2) is 0 Å². The Labute approximate surface area is 132 Å². The number of nitrogens with zero attached hydrogens (tertiary/aromatic N) is 1. The van der Waals surface area contributed by atoms with Gasteiger partial charge < -0.3 is 10.0 Å². The lowest BCUT2D eigenvalue weighted by molar-refractivity contribution is 0.111. The van der Waals surface area contributed by atoms with Gasteiger partial charge in [-0.05, 0) is 38.1 Å². The molecule has 0 radical (unpaired) electrons. The van der Waals surface area contributed by atoms with Crippen LogP contribution in [0.25, 0.3) is 0 Å². The van der Waals surface area contributed by atoms with E-state index in [9.17, 15) is 5.11 Å². The molecule has 2 nitrogen and oxygen atoms in total. The van der Waals surface area contributed by atoms with Crippen LogP contribution >= 0.6 is 23.2 Å².